The molecule has 4 atom stereocenters. The molecule has 0 aromatic heterocycles. The highest BCUT2D eigenvalue weighted by Gasteiger charge is 2.37. The summed E-state index contributed by atoms with van der Waals surface area (Å²) in [6, 6.07) is 0.525. The molecule has 4 heteroatoms. The average molecular weight is 170 g/mol. The molecule has 3 aliphatic heterocycles. The smallest absolute Gasteiger partial charge is 0.294 e. The third-order valence-electron chi connectivity index (χ3n) is 2.76. The number of rotatable bonds is 2. The van der Waals surface area contributed by atoms with E-state index in [1.165, 1.54) is 0 Å². The van der Waals surface area contributed by atoms with Crippen molar-refractivity contribution in [2.24, 2.45) is 0 Å². The van der Waals surface area contributed by atoms with E-state index in [0.717, 1.165) is 26.2 Å². The van der Waals surface area contributed by atoms with E-state index in [0.29, 0.717) is 12.5 Å². The fourth-order valence-corrected chi connectivity index (χ4v) is 2.15. The second-order valence-electron chi connectivity index (χ2n) is 3.53. The van der Waals surface area contributed by atoms with Gasteiger partial charge in [0.15, 0.2) is 6.23 Å². The normalized spacial score (nSPS) is 45.8. The van der Waals surface area contributed by atoms with Crippen LogP contribution in [0.2, 0.25) is 0 Å². The summed E-state index contributed by atoms with van der Waals surface area (Å²) < 4.78 is 4.99. The highest BCUT2D eigenvalue weighted by molar-refractivity contribution is 5.37. The minimum Gasteiger partial charge on any atom is -0.447 e. The zero-order chi connectivity index (χ0) is 8.55. The lowest BCUT2D eigenvalue weighted by Crippen LogP contribution is -2.65. The van der Waals surface area contributed by atoms with Gasteiger partial charge in [-0.25, -0.2) is 0 Å². The van der Waals surface area contributed by atoms with Crippen molar-refractivity contribution in [3.63, 3.8) is 0 Å². The first-order valence-electron chi connectivity index (χ1n) is 4.38. The Balaban J connectivity index is 2.03. The van der Waals surface area contributed by atoms with E-state index in [1.807, 2.05) is 0 Å². The molecule has 3 aliphatic rings. The van der Waals surface area contributed by atoms with Crippen LogP contribution < -0.4 is 0 Å². The first-order chi connectivity index (χ1) is 5.81. The van der Waals surface area contributed by atoms with E-state index in [1.54, 1.807) is 0 Å². The highest BCUT2D eigenvalue weighted by Crippen LogP contribution is 2.20. The van der Waals surface area contributed by atoms with Gasteiger partial charge in [0.1, 0.15) is 0 Å². The zero-order valence-electron chi connectivity index (χ0n) is 7.27. The second-order valence-corrected chi connectivity index (χ2v) is 3.53. The van der Waals surface area contributed by atoms with Gasteiger partial charge >= 0.3 is 0 Å². The van der Waals surface area contributed by atoms with Crippen molar-refractivity contribution >= 4 is 6.47 Å². The van der Waals surface area contributed by atoms with Crippen LogP contribution in [0, 0.1) is 0 Å². The zero-order valence-corrected chi connectivity index (χ0v) is 7.27. The minimum atomic E-state index is -0.000000000000000222. The number of fused-ring (bicyclic) bond motifs is 3. The molecule has 0 aromatic rings. The number of carbonyl (C=O) groups is 1. The number of hydrogen-bond donors (Lipinski definition) is 0. The predicted molar refractivity (Wildman–Crippen MR) is 43.5 cm³/mol. The molecule has 0 radical (unpaired) electrons. The molecule has 0 spiro atoms. The highest BCUT2D eigenvalue weighted by atomic mass is 16.5. The average Bonchev–Trinajstić information content (AvgIpc) is 2.05. The van der Waals surface area contributed by atoms with Crippen LogP contribution in [-0.2, 0) is 9.53 Å². The van der Waals surface area contributed by atoms with Crippen LogP contribution in [-0.4, -0.2) is 54.7 Å². The molecule has 0 amide bonds. The van der Waals surface area contributed by atoms with Crippen LogP contribution in [0.5, 0.6) is 0 Å². The first kappa shape index (κ1) is 8.01. The number of ether oxygens (including phenoxy) is 1. The molecule has 3 fully saturated rings. The van der Waals surface area contributed by atoms with Gasteiger partial charge in [-0.1, -0.05) is 0 Å². The third-order valence-corrected chi connectivity index (χ3v) is 2.76. The lowest BCUT2D eigenvalue weighted by Gasteiger charge is -2.49. The van der Waals surface area contributed by atoms with Gasteiger partial charge in [-0.05, 0) is 6.92 Å². The van der Waals surface area contributed by atoms with Gasteiger partial charge in [0.2, 0.25) is 0 Å². The molecule has 0 saturated carbocycles. The Hall–Kier alpha value is -0.610. The summed E-state index contributed by atoms with van der Waals surface area (Å²) in [5.74, 6) is 0. The van der Waals surface area contributed by atoms with E-state index < -0.39 is 0 Å². The minimum absolute atomic E-state index is 0.000000000000000222. The predicted octanol–water partition coefficient (Wildman–Crippen LogP) is -0.495. The van der Waals surface area contributed by atoms with E-state index in [2.05, 4.69) is 16.7 Å². The Labute approximate surface area is 72.1 Å². The molecule has 68 valence electrons. The molecule has 4 nitrogen and oxygen atoms in total. The molecule has 2 bridgehead atoms. The van der Waals surface area contributed by atoms with Crippen molar-refractivity contribution in [3.8, 4) is 0 Å². The molecular weight excluding hydrogens is 156 g/mol. The van der Waals surface area contributed by atoms with Gasteiger partial charge in [-0.3, -0.25) is 14.6 Å². The summed E-state index contributed by atoms with van der Waals surface area (Å²) in [6.07, 6.45) is -0.000000000000000222. The maximum atomic E-state index is 10.2. The van der Waals surface area contributed by atoms with E-state index in [9.17, 15) is 4.79 Å². The maximum absolute atomic E-state index is 10.2. The molecule has 12 heavy (non-hydrogen) atoms. The number of nitrogens with zero attached hydrogens (tertiary/aromatic N) is 2. The summed E-state index contributed by atoms with van der Waals surface area (Å²) in [4.78, 5) is 14.8. The number of carbonyl (C=O) groups excluding carboxylic acids is 1. The third kappa shape index (κ3) is 1.21. The molecule has 0 aromatic carbocycles. The Bertz CT molecular complexity index is 186. The molecular formula is C8H14N2O2. The molecule has 3 rings (SSSR count). The summed E-state index contributed by atoms with van der Waals surface area (Å²) in [5.41, 5.74) is 0. The summed E-state index contributed by atoms with van der Waals surface area (Å²) in [7, 11) is 0. The fourth-order valence-electron chi connectivity index (χ4n) is 2.15. The van der Waals surface area contributed by atoms with Gasteiger partial charge in [-0.15, -0.1) is 0 Å². The van der Waals surface area contributed by atoms with Gasteiger partial charge in [0.05, 0.1) is 0 Å². The fraction of sp³-hybridized carbons (Fsp3) is 0.875. The molecule has 3 heterocycles. The van der Waals surface area contributed by atoms with Crippen LogP contribution in [0.15, 0.2) is 0 Å². The van der Waals surface area contributed by atoms with Crippen LogP contribution in [0.25, 0.3) is 0 Å². The van der Waals surface area contributed by atoms with Crippen LogP contribution >= 0.6 is 0 Å². The van der Waals surface area contributed by atoms with Crippen LogP contribution in [0.1, 0.15) is 6.92 Å². The standard InChI is InChI=1S/C8H14N2O2/c1-7-4-9-2-3-10(7)8(5-9)12-6-11/h6-8H,2-5H2,1H3. The van der Waals surface area contributed by atoms with Gasteiger partial charge < -0.3 is 4.74 Å². The maximum Gasteiger partial charge on any atom is 0.294 e. The van der Waals surface area contributed by atoms with Crippen molar-refractivity contribution in [1.29, 1.82) is 0 Å². The van der Waals surface area contributed by atoms with Crippen molar-refractivity contribution in [2.45, 2.75) is 19.2 Å². The first-order valence-corrected chi connectivity index (χ1v) is 4.38. The molecule has 0 N–H and O–H groups in total. The lowest BCUT2D eigenvalue weighted by atomic mass is 10.1. The Morgan fingerprint density at radius 1 is 1.42 bits per heavy atom. The van der Waals surface area contributed by atoms with Crippen molar-refractivity contribution < 1.29 is 9.53 Å². The van der Waals surface area contributed by atoms with Gasteiger partial charge in [-0.2, -0.15) is 0 Å². The summed E-state index contributed by atoms with van der Waals surface area (Å²) >= 11 is 0. The largest absolute Gasteiger partial charge is 0.447 e. The van der Waals surface area contributed by atoms with Crippen molar-refractivity contribution in [3.05, 3.63) is 0 Å². The SMILES string of the molecule is CC1CN2CCN1C(OC=O)C2. The Kier molecular flexibility index (Phi) is 2.02. The molecule has 3 saturated heterocycles. The van der Waals surface area contributed by atoms with E-state index >= 15 is 0 Å². The van der Waals surface area contributed by atoms with E-state index in [4.69, 9.17) is 4.74 Å². The lowest BCUT2D eigenvalue weighted by molar-refractivity contribution is -0.166. The van der Waals surface area contributed by atoms with Gasteiger partial charge in [0, 0.05) is 32.2 Å². The summed E-state index contributed by atoms with van der Waals surface area (Å²) in [6.45, 7) is 6.86. The molecule has 4 unspecified atom stereocenters. The van der Waals surface area contributed by atoms with Crippen molar-refractivity contribution in [2.75, 3.05) is 26.2 Å². The number of piperazine rings is 3. The molecule has 0 aliphatic carbocycles. The Morgan fingerprint density at radius 3 is 2.83 bits per heavy atom. The van der Waals surface area contributed by atoms with Gasteiger partial charge in [0.25, 0.3) is 6.47 Å². The van der Waals surface area contributed by atoms with Crippen molar-refractivity contribution in [1.82, 2.24) is 9.80 Å². The topological polar surface area (TPSA) is 32.8 Å². The summed E-state index contributed by atoms with van der Waals surface area (Å²) in [5, 5.41) is 0. The monoisotopic (exact) mass is 170 g/mol. The van der Waals surface area contributed by atoms with Crippen LogP contribution in [0.3, 0.4) is 0 Å². The quantitative estimate of drug-likeness (QED) is 0.523. The number of hydrogen-bond acceptors (Lipinski definition) is 4. The van der Waals surface area contributed by atoms with Crippen LogP contribution in [0.4, 0.5) is 0 Å². The van der Waals surface area contributed by atoms with E-state index in [-0.39, 0.29) is 6.23 Å². The second kappa shape index (κ2) is 3.03. The Morgan fingerprint density at radius 2 is 2.25 bits per heavy atom.